The van der Waals surface area contributed by atoms with Crippen molar-refractivity contribution in [2.45, 2.75) is 42.6 Å². The number of carbonyl (C=O) groups is 2. The van der Waals surface area contributed by atoms with Gasteiger partial charge in [-0.15, -0.1) is 11.3 Å². The molecule has 0 bridgehead atoms. The fraction of sp³-hybridized carbons (Fsp3) is 0.273. The number of anilines is 1. The third-order valence-electron chi connectivity index (χ3n) is 5.16. The molecule has 0 spiro atoms. The molecule has 2 aromatic heterocycles. The molecule has 1 aliphatic rings. The lowest BCUT2D eigenvalue weighted by Gasteiger charge is -2.12. The van der Waals surface area contributed by atoms with Crippen LogP contribution in [0.2, 0.25) is 5.02 Å². The second-order valence-corrected chi connectivity index (χ2v) is 10.7. The molecule has 2 N–H and O–H groups in total. The van der Waals surface area contributed by atoms with E-state index in [9.17, 15) is 18.0 Å². The molecule has 2 heterocycles. The van der Waals surface area contributed by atoms with E-state index in [2.05, 4.69) is 10.6 Å². The molecule has 168 valence electrons. The minimum absolute atomic E-state index is 0.00710. The largest absolute Gasteiger partial charge is 0.439 e. The highest BCUT2D eigenvalue weighted by molar-refractivity contribution is 7.91. The van der Waals surface area contributed by atoms with Crippen LogP contribution in [0.15, 0.2) is 50.8 Å². The van der Waals surface area contributed by atoms with Crippen LogP contribution < -0.4 is 10.6 Å². The molecule has 10 heteroatoms. The minimum atomic E-state index is -3.94. The Bertz CT molecular complexity index is 1280. The quantitative estimate of drug-likeness (QED) is 0.518. The third-order valence-corrected chi connectivity index (χ3v) is 8.26. The predicted molar refractivity (Wildman–Crippen MR) is 123 cm³/mol. The SMILES string of the molecule is CCNC(=O)c1c(NC(=O)c2ccc(S(=O)(=O)c3ccc(Cl)cc3)o2)sc2c1CCCC2. The van der Waals surface area contributed by atoms with Crippen LogP contribution in [0.5, 0.6) is 0 Å². The number of nitrogens with one attached hydrogen (secondary N) is 2. The number of thiophene rings is 1. The molecule has 0 saturated heterocycles. The second kappa shape index (κ2) is 9.09. The zero-order chi connectivity index (χ0) is 22.9. The van der Waals surface area contributed by atoms with Crippen LogP contribution in [0.1, 0.15) is 51.1 Å². The summed E-state index contributed by atoms with van der Waals surface area (Å²) in [6, 6.07) is 8.21. The molecule has 0 radical (unpaired) electrons. The van der Waals surface area contributed by atoms with Crippen molar-refractivity contribution in [3.8, 4) is 0 Å². The molecule has 0 fully saturated rings. The highest BCUT2D eigenvalue weighted by Gasteiger charge is 2.28. The van der Waals surface area contributed by atoms with Gasteiger partial charge in [0.05, 0.1) is 10.5 Å². The van der Waals surface area contributed by atoms with Gasteiger partial charge in [-0.1, -0.05) is 11.6 Å². The fourth-order valence-corrected chi connectivity index (χ4v) is 6.21. The van der Waals surface area contributed by atoms with Crippen molar-refractivity contribution in [1.29, 1.82) is 0 Å². The normalized spacial score (nSPS) is 13.4. The van der Waals surface area contributed by atoms with Crippen molar-refractivity contribution in [1.82, 2.24) is 5.32 Å². The lowest BCUT2D eigenvalue weighted by Crippen LogP contribution is -2.25. The zero-order valence-corrected chi connectivity index (χ0v) is 19.6. The fourth-order valence-electron chi connectivity index (χ4n) is 3.62. The minimum Gasteiger partial charge on any atom is -0.439 e. The molecular weight excluding hydrogens is 472 g/mol. The van der Waals surface area contributed by atoms with Gasteiger partial charge in [0.2, 0.25) is 14.9 Å². The van der Waals surface area contributed by atoms with E-state index in [4.69, 9.17) is 16.0 Å². The molecule has 2 amide bonds. The summed E-state index contributed by atoms with van der Waals surface area (Å²) in [5.41, 5.74) is 1.47. The van der Waals surface area contributed by atoms with Crippen molar-refractivity contribution in [2.75, 3.05) is 11.9 Å². The number of hydrogen-bond donors (Lipinski definition) is 2. The first kappa shape index (κ1) is 22.6. The molecule has 1 aliphatic carbocycles. The number of sulfone groups is 1. The van der Waals surface area contributed by atoms with E-state index in [1.807, 2.05) is 6.92 Å². The van der Waals surface area contributed by atoms with Crippen molar-refractivity contribution in [3.63, 3.8) is 0 Å². The number of fused-ring (bicyclic) bond motifs is 1. The molecule has 32 heavy (non-hydrogen) atoms. The Balaban J connectivity index is 1.61. The zero-order valence-electron chi connectivity index (χ0n) is 17.2. The molecule has 0 unspecified atom stereocenters. The van der Waals surface area contributed by atoms with Gasteiger partial charge in [-0.05, 0) is 74.6 Å². The monoisotopic (exact) mass is 492 g/mol. The van der Waals surface area contributed by atoms with Gasteiger partial charge in [-0.3, -0.25) is 9.59 Å². The summed E-state index contributed by atoms with van der Waals surface area (Å²) in [7, 11) is -3.94. The summed E-state index contributed by atoms with van der Waals surface area (Å²) in [5.74, 6) is -1.01. The summed E-state index contributed by atoms with van der Waals surface area (Å²) >= 11 is 7.21. The number of aryl methyl sites for hydroxylation is 1. The second-order valence-electron chi connectivity index (χ2n) is 7.30. The maximum absolute atomic E-state index is 12.8. The van der Waals surface area contributed by atoms with E-state index in [0.717, 1.165) is 36.1 Å². The number of carbonyl (C=O) groups excluding carboxylic acids is 2. The number of halogens is 1. The van der Waals surface area contributed by atoms with Crippen LogP contribution in [-0.4, -0.2) is 26.8 Å². The van der Waals surface area contributed by atoms with Crippen LogP contribution in [0, 0.1) is 0 Å². The van der Waals surface area contributed by atoms with Gasteiger partial charge in [0.1, 0.15) is 5.00 Å². The number of amides is 2. The van der Waals surface area contributed by atoms with E-state index < -0.39 is 15.7 Å². The Labute approximate surface area is 194 Å². The number of rotatable bonds is 6. The van der Waals surface area contributed by atoms with Crippen LogP contribution >= 0.6 is 22.9 Å². The molecule has 0 atom stereocenters. The van der Waals surface area contributed by atoms with E-state index in [-0.39, 0.29) is 21.7 Å². The Morgan fingerprint density at radius 3 is 2.50 bits per heavy atom. The maximum atomic E-state index is 12.8. The van der Waals surface area contributed by atoms with E-state index in [0.29, 0.717) is 22.1 Å². The van der Waals surface area contributed by atoms with Gasteiger partial charge in [-0.25, -0.2) is 8.42 Å². The van der Waals surface area contributed by atoms with Crippen LogP contribution in [0.4, 0.5) is 5.00 Å². The summed E-state index contributed by atoms with van der Waals surface area (Å²) in [6.07, 6.45) is 3.69. The number of benzene rings is 1. The first-order valence-corrected chi connectivity index (χ1v) is 12.8. The lowest BCUT2D eigenvalue weighted by atomic mass is 9.95. The van der Waals surface area contributed by atoms with Gasteiger partial charge >= 0.3 is 0 Å². The molecule has 1 aromatic carbocycles. The van der Waals surface area contributed by atoms with Crippen molar-refractivity contribution in [2.24, 2.45) is 0 Å². The Morgan fingerprint density at radius 1 is 1.06 bits per heavy atom. The summed E-state index contributed by atoms with van der Waals surface area (Å²) < 4.78 is 30.9. The van der Waals surface area contributed by atoms with E-state index in [1.54, 1.807) is 0 Å². The average Bonchev–Trinajstić information content (AvgIpc) is 3.39. The first-order valence-electron chi connectivity index (χ1n) is 10.2. The van der Waals surface area contributed by atoms with E-state index >= 15 is 0 Å². The van der Waals surface area contributed by atoms with Gasteiger partial charge < -0.3 is 15.1 Å². The maximum Gasteiger partial charge on any atom is 0.292 e. The summed E-state index contributed by atoms with van der Waals surface area (Å²) in [5, 5.41) is 6.06. The highest BCUT2D eigenvalue weighted by atomic mass is 35.5. The topological polar surface area (TPSA) is 105 Å². The Morgan fingerprint density at radius 2 is 1.78 bits per heavy atom. The van der Waals surface area contributed by atoms with E-state index in [1.165, 1.54) is 47.7 Å². The van der Waals surface area contributed by atoms with Crippen LogP contribution in [-0.2, 0) is 22.7 Å². The first-order chi connectivity index (χ1) is 15.3. The predicted octanol–water partition coefficient (Wildman–Crippen LogP) is 4.71. The summed E-state index contributed by atoms with van der Waals surface area (Å²) in [4.78, 5) is 26.6. The van der Waals surface area contributed by atoms with Gasteiger partial charge in [0.15, 0.2) is 5.76 Å². The van der Waals surface area contributed by atoms with Gasteiger partial charge in [-0.2, -0.15) is 0 Å². The van der Waals surface area contributed by atoms with Crippen molar-refractivity contribution in [3.05, 3.63) is 63.2 Å². The average molecular weight is 493 g/mol. The highest BCUT2D eigenvalue weighted by Crippen LogP contribution is 2.38. The third kappa shape index (κ3) is 4.32. The number of furan rings is 1. The van der Waals surface area contributed by atoms with Crippen LogP contribution in [0.25, 0.3) is 0 Å². The summed E-state index contributed by atoms with van der Waals surface area (Å²) in [6.45, 7) is 2.31. The van der Waals surface area contributed by atoms with Crippen molar-refractivity contribution >= 4 is 49.6 Å². The van der Waals surface area contributed by atoms with Gasteiger partial charge in [0, 0.05) is 16.4 Å². The van der Waals surface area contributed by atoms with Crippen LogP contribution in [0.3, 0.4) is 0 Å². The Hall–Kier alpha value is -2.62. The molecular formula is C22H21ClN2O5S2. The van der Waals surface area contributed by atoms with Gasteiger partial charge in [0.25, 0.3) is 11.8 Å². The molecule has 0 saturated carbocycles. The smallest absolute Gasteiger partial charge is 0.292 e. The molecule has 0 aliphatic heterocycles. The molecule has 3 aromatic rings. The number of hydrogen-bond acceptors (Lipinski definition) is 6. The molecule has 4 rings (SSSR count). The van der Waals surface area contributed by atoms with Crippen molar-refractivity contribution < 1.29 is 22.4 Å². The lowest BCUT2D eigenvalue weighted by molar-refractivity contribution is 0.0956. The molecule has 7 nitrogen and oxygen atoms in total. The standard InChI is InChI=1S/C22H21ClN2O5S2/c1-2-24-21(27)19-15-5-3-4-6-17(15)31-22(19)25-20(26)16-11-12-18(30-16)32(28,29)14-9-7-13(23)8-10-14/h7-12H,2-6H2,1H3,(H,24,27)(H,25,26). The Kier molecular flexibility index (Phi) is 6.41.